The Labute approximate surface area is 310 Å². The van der Waals surface area contributed by atoms with Gasteiger partial charge in [-0.2, -0.15) is 0 Å². The van der Waals surface area contributed by atoms with E-state index in [0.29, 0.717) is 12.2 Å². The van der Waals surface area contributed by atoms with Gasteiger partial charge in [-0.15, -0.1) is 0 Å². The third kappa shape index (κ3) is 12.9. The van der Waals surface area contributed by atoms with Crippen LogP contribution in [0.2, 0.25) is 0 Å². The molecule has 0 bridgehead atoms. The number of carbonyl (C=O) groups is 4. The first-order chi connectivity index (χ1) is 25.3. The van der Waals surface area contributed by atoms with Crippen molar-refractivity contribution in [2.24, 2.45) is 11.8 Å². The van der Waals surface area contributed by atoms with Crippen molar-refractivity contribution < 1.29 is 33.4 Å². The molecule has 0 saturated heterocycles. The number of ether oxygens (including phenoxy) is 1. The Morgan fingerprint density at radius 3 is 2.25 bits per heavy atom. The van der Waals surface area contributed by atoms with Gasteiger partial charge in [-0.25, -0.2) is 9.78 Å². The summed E-state index contributed by atoms with van der Waals surface area (Å²) in [4.78, 5) is 72.2. The zero-order chi connectivity index (χ0) is 38.4. The Morgan fingerprint density at radius 1 is 0.868 bits per heavy atom. The van der Waals surface area contributed by atoms with Gasteiger partial charge < -0.3 is 35.9 Å². The van der Waals surface area contributed by atoms with Gasteiger partial charge in [-0.1, -0.05) is 107 Å². The van der Waals surface area contributed by atoms with Gasteiger partial charge in [0.05, 0.1) is 12.0 Å². The van der Waals surface area contributed by atoms with E-state index < -0.39 is 55.2 Å². The number of amides is 4. The van der Waals surface area contributed by atoms with E-state index in [0.717, 1.165) is 28.3 Å². The number of hydrogen-bond acceptors (Lipinski definition) is 7. The van der Waals surface area contributed by atoms with Gasteiger partial charge in [0.15, 0.2) is 0 Å². The minimum atomic E-state index is -4.27. The number of fused-ring (bicyclic) bond motifs is 1. The van der Waals surface area contributed by atoms with Gasteiger partial charge in [0.25, 0.3) is 0 Å². The molecule has 14 heteroatoms. The minimum Gasteiger partial charge on any atom is -0.445 e. The highest BCUT2D eigenvalue weighted by Crippen LogP contribution is 2.47. The monoisotopic (exact) mass is 746 g/mol. The topological polar surface area (TPSA) is 192 Å². The summed E-state index contributed by atoms with van der Waals surface area (Å²) in [6.07, 6.45) is 2.45. The Hall–Kier alpha value is -5.00. The van der Waals surface area contributed by atoms with Crippen molar-refractivity contribution in [2.75, 3.05) is 12.7 Å². The average Bonchev–Trinajstić information content (AvgIpc) is 3.65. The highest BCUT2D eigenvalue weighted by atomic mass is 31.2. The lowest BCUT2D eigenvalue weighted by Gasteiger charge is -2.28. The van der Waals surface area contributed by atoms with Gasteiger partial charge in [0, 0.05) is 25.6 Å². The first kappa shape index (κ1) is 40.8. The number of hydrogen-bond donors (Lipinski definition) is 6. The van der Waals surface area contributed by atoms with Crippen LogP contribution in [0.1, 0.15) is 57.4 Å². The lowest BCUT2D eigenvalue weighted by molar-refractivity contribution is -0.130. The maximum Gasteiger partial charge on any atom is 0.408 e. The molecule has 1 aromatic heterocycles. The smallest absolute Gasteiger partial charge is 0.408 e. The third-order valence-electron chi connectivity index (χ3n) is 8.93. The van der Waals surface area contributed by atoms with E-state index in [9.17, 15) is 28.6 Å². The van der Waals surface area contributed by atoms with Gasteiger partial charge >= 0.3 is 6.09 Å². The van der Waals surface area contributed by atoms with Crippen molar-refractivity contribution in [3.63, 3.8) is 0 Å². The predicted octanol–water partition coefficient (Wildman–Crippen LogP) is 5.05. The van der Waals surface area contributed by atoms with Crippen LogP contribution in [0.4, 0.5) is 4.79 Å². The molecule has 3 unspecified atom stereocenters. The van der Waals surface area contributed by atoms with Crippen molar-refractivity contribution in [1.29, 1.82) is 0 Å². The van der Waals surface area contributed by atoms with E-state index in [2.05, 4.69) is 31.2 Å². The second-order valence-corrected chi connectivity index (χ2v) is 16.3. The number of H-pyrrole nitrogens is 1. The summed E-state index contributed by atoms with van der Waals surface area (Å²) in [5, 5.41) is 12.7. The van der Waals surface area contributed by atoms with Crippen LogP contribution in [-0.4, -0.2) is 69.2 Å². The number of aromatic amines is 1. The number of benzene rings is 3. The van der Waals surface area contributed by atoms with Crippen LogP contribution in [0.25, 0.3) is 10.8 Å². The molecular weight excluding hydrogens is 695 g/mol. The van der Waals surface area contributed by atoms with Crippen molar-refractivity contribution in [1.82, 2.24) is 31.2 Å². The highest BCUT2D eigenvalue weighted by molar-refractivity contribution is 7.59. The fourth-order valence-corrected chi connectivity index (χ4v) is 7.56. The molecule has 1 heterocycles. The molecule has 5 atom stereocenters. The Kier molecular flexibility index (Phi) is 15.2. The molecule has 284 valence electrons. The average molecular weight is 747 g/mol. The Morgan fingerprint density at radius 2 is 1.55 bits per heavy atom. The van der Waals surface area contributed by atoms with Crippen molar-refractivity contribution in [3.8, 4) is 0 Å². The summed E-state index contributed by atoms with van der Waals surface area (Å²) in [5.41, 5.74) is 1.99. The van der Waals surface area contributed by atoms with E-state index in [-0.39, 0.29) is 37.7 Å². The SMILES string of the molecule is CCC(C)CNC(=O)CP(=O)(O)C(CC(C)C)NC(=O)[C@H](Cc1c[nH]cn1)NC(=O)[C@H](Cc1cccc2ccccc12)NC(=O)OCc1ccccc1. The van der Waals surface area contributed by atoms with Crippen LogP contribution in [0.15, 0.2) is 85.3 Å². The normalized spacial score (nSPS) is 14.7. The molecule has 4 rings (SSSR count). The Bertz CT molecular complexity index is 1850. The van der Waals surface area contributed by atoms with Crippen LogP contribution >= 0.6 is 7.37 Å². The molecule has 6 N–H and O–H groups in total. The number of rotatable bonds is 19. The lowest BCUT2D eigenvalue weighted by Crippen LogP contribution is -2.56. The second-order valence-electron chi connectivity index (χ2n) is 13.8. The van der Waals surface area contributed by atoms with Crippen molar-refractivity contribution in [2.45, 2.75) is 77.9 Å². The minimum absolute atomic E-state index is 0.0203. The molecule has 13 nitrogen and oxygen atoms in total. The zero-order valence-electron chi connectivity index (χ0n) is 30.7. The lowest BCUT2D eigenvalue weighted by atomic mass is 9.98. The number of imidazole rings is 1. The van der Waals surface area contributed by atoms with Crippen LogP contribution in [-0.2, 0) is 43.1 Å². The molecule has 0 saturated carbocycles. The quantitative estimate of drug-likeness (QED) is 0.0719. The largest absolute Gasteiger partial charge is 0.445 e. The molecule has 0 spiro atoms. The number of nitrogens with one attached hydrogen (secondary N) is 5. The van der Waals surface area contributed by atoms with E-state index in [1.54, 1.807) is 6.20 Å². The number of carbonyl (C=O) groups excluding carboxylic acids is 4. The van der Waals surface area contributed by atoms with Gasteiger partial charge in [0.1, 0.15) is 30.6 Å². The van der Waals surface area contributed by atoms with Crippen molar-refractivity contribution >= 4 is 42.0 Å². The zero-order valence-corrected chi connectivity index (χ0v) is 31.6. The van der Waals surface area contributed by atoms with E-state index in [1.807, 2.05) is 100 Å². The summed E-state index contributed by atoms with van der Waals surface area (Å²) < 4.78 is 19.1. The third-order valence-corrected chi connectivity index (χ3v) is 11.0. The summed E-state index contributed by atoms with van der Waals surface area (Å²) in [6.45, 7) is 7.97. The summed E-state index contributed by atoms with van der Waals surface area (Å²) >= 11 is 0. The molecule has 0 aliphatic rings. The highest BCUT2D eigenvalue weighted by Gasteiger charge is 2.37. The number of aromatic nitrogens is 2. The molecule has 4 aromatic rings. The molecule has 0 radical (unpaired) electrons. The first-order valence-corrected chi connectivity index (χ1v) is 19.9. The van der Waals surface area contributed by atoms with Crippen molar-refractivity contribution in [3.05, 3.63) is 102 Å². The maximum absolute atomic E-state index is 14.1. The predicted molar refractivity (Wildman–Crippen MR) is 204 cm³/mol. The number of alkyl carbamates (subject to hydrolysis) is 1. The molecule has 53 heavy (non-hydrogen) atoms. The molecule has 0 fully saturated rings. The first-order valence-electron chi connectivity index (χ1n) is 17.9. The molecular formula is C39H51N6O7P. The van der Waals surface area contributed by atoms with Crippen LogP contribution in [0.5, 0.6) is 0 Å². The molecule has 0 aliphatic carbocycles. The maximum atomic E-state index is 14.1. The summed E-state index contributed by atoms with van der Waals surface area (Å²) in [7, 11) is -4.27. The van der Waals surface area contributed by atoms with Gasteiger partial charge in [0.2, 0.25) is 25.1 Å². The van der Waals surface area contributed by atoms with E-state index >= 15 is 0 Å². The van der Waals surface area contributed by atoms with Gasteiger partial charge in [-0.05, 0) is 40.2 Å². The van der Waals surface area contributed by atoms with E-state index in [1.165, 1.54) is 6.33 Å². The molecule has 0 aliphatic heterocycles. The number of nitrogens with zero attached hydrogens (tertiary/aromatic N) is 1. The van der Waals surface area contributed by atoms with Crippen LogP contribution < -0.4 is 21.3 Å². The fourth-order valence-electron chi connectivity index (χ4n) is 5.74. The fraction of sp³-hybridized carbons (Fsp3) is 0.410. The molecule has 4 amide bonds. The van der Waals surface area contributed by atoms with E-state index in [4.69, 9.17) is 4.74 Å². The summed E-state index contributed by atoms with van der Waals surface area (Å²) in [5.74, 6) is -3.18. The van der Waals surface area contributed by atoms with Crippen LogP contribution in [0.3, 0.4) is 0 Å². The van der Waals surface area contributed by atoms with Crippen LogP contribution in [0, 0.1) is 11.8 Å². The molecule has 3 aromatic carbocycles. The summed E-state index contributed by atoms with van der Waals surface area (Å²) in [6, 6.07) is 20.0. The second kappa shape index (κ2) is 19.7. The van der Waals surface area contributed by atoms with Gasteiger partial charge in [-0.3, -0.25) is 18.9 Å². The standard InChI is InChI=1S/C39H51N6O7P/c1-5-27(4)21-41-35(46)24-53(50,51)36(18-26(2)3)45-38(48)34(20-31-22-40-25-42-31)43-37(47)33(44-39(49)52-23-28-12-7-6-8-13-28)19-30-16-11-15-29-14-9-10-17-32(29)30/h6-17,22,25-27,33-34,36H,5,18-21,23-24H2,1-4H3,(H,40,42)(H,41,46)(H,43,47)(H,44,49)(H,45,48)(H,50,51)/t27?,33-,34-,36?/m0/s1. The Balaban J connectivity index is 1.57.